The van der Waals surface area contributed by atoms with Gasteiger partial charge in [0.2, 0.25) is 0 Å². The first kappa shape index (κ1) is 12.1. The van der Waals surface area contributed by atoms with Crippen molar-refractivity contribution in [3.63, 3.8) is 0 Å². The molecule has 0 aliphatic heterocycles. The zero-order valence-corrected chi connectivity index (χ0v) is 10.8. The van der Waals surface area contributed by atoms with Crippen molar-refractivity contribution in [1.82, 2.24) is 9.97 Å². The van der Waals surface area contributed by atoms with Gasteiger partial charge in [-0.15, -0.1) is 0 Å². The molecule has 0 bridgehead atoms. The fourth-order valence-corrected chi connectivity index (χ4v) is 2.16. The Bertz CT molecular complexity index is 523. The van der Waals surface area contributed by atoms with Crippen LogP contribution in [0.5, 0.6) is 0 Å². The smallest absolute Gasteiger partial charge is 0.136 e. The zero-order valence-electron chi connectivity index (χ0n) is 10.1. The lowest BCUT2D eigenvalue weighted by Gasteiger charge is -2.10. The quantitative estimate of drug-likeness (QED) is 0.764. The van der Waals surface area contributed by atoms with Crippen LogP contribution in [0.2, 0.25) is 5.15 Å². The maximum Gasteiger partial charge on any atom is 0.136 e. The maximum absolute atomic E-state index is 6.16. The second kappa shape index (κ2) is 5.28. The molecule has 88 valence electrons. The van der Waals surface area contributed by atoms with Crippen molar-refractivity contribution in [2.75, 3.05) is 0 Å². The van der Waals surface area contributed by atoms with Crippen molar-refractivity contribution in [3.8, 4) is 11.3 Å². The highest BCUT2D eigenvalue weighted by atomic mass is 35.5. The van der Waals surface area contributed by atoms with Crippen LogP contribution in [0.25, 0.3) is 11.3 Å². The van der Waals surface area contributed by atoms with Gasteiger partial charge in [0.05, 0.1) is 5.69 Å². The molecule has 1 aromatic carbocycles. The van der Waals surface area contributed by atoms with E-state index in [0.717, 1.165) is 29.7 Å². The summed E-state index contributed by atoms with van der Waals surface area (Å²) in [7, 11) is 0. The standard InChI is InChI=1S/C14H15ClN2/c1-3-6-12-13(16-9-17-14(12)15)11-8-5-4-7-10(11)2/h4-5,7-9H,3,6H2,1-2H3. The lowest BCUT2D eigenvalue weighted by Crippen LogP contribution is -1.98. The largest absolute Gasteiger partial charge is 0.236 e. The Morgan fingerprint density at radius 1 is 1.18 bits per heavy atom. The maximum atomic E-state index is 6.16. The summed E-state index contributed by atoms with van der Waals surface area (Å²) in [6.07, 6.45) is 3.47. The van der Waals surface area contributed by atoms with E-state index in [9.17, 15) is 0 Å². The van der Waals surface area contributed by atoms with Gasteiger partial charge in [0.25, 0.3) is 0 Å². The summed E-state index contributed by atoms with van der Waals surface area (Å²) in [5, 5.41) is 0.570. The molecule has 1 aromatic heterocycles. The van der Waals surface area contributed by atoms with Crippen molar-refractivity contribution in [2.24, 2.45) is 0 Å². The molecule has 0 fully saturated rings. The third-order valence-corrected chi connectivity index (χ3v) is 3.12. The number of halogens is 1. The highest BCUT2D eigenvalue weighted by molar-refractivity contribution is 6.30. The highest BCUT2D eigenvalue weighted by Crippen LogP contribution is 2.28. The van der Waals surface area contributed by atoms with Gasteiger partial charge in [-0.25, -0.2) is 9.97 Å². The van der Waals surface area contributed by atoms with Gasteiger partial charge in [0.15, 0.2) is 0 Å². The molecule has 0 radical (unpaired) electrons. The van der Waals surface area contributed by atoms with E-state index in [1.54, 1.807) is 0 Å². The predicted octanol–water partition coefficient (Wildman–Crippen LogP) is 4.06. The Morgan fingerprint density at radius 2 is 1.94 bits per heavy atom. The summed E-state index contributed by atoms with van der Waals surface area (Å²) in [4.78, 5) is 8.46. The average Bonchev–Trinajstić information content (AvgIpc) is 2.33. The van der Waals surface area contributed by atoms with E-state index in [1.165, 1.54) is 11.9 Å². The van der Waals surface area contributed by atoms with E-state index < -0.39 is 0 Å². The van der Waals surface area contributed by atoms with Gasteiger partial charge in [-0.3, -0.25) is 0 Å². The third-order valence-electron chi connectivity index (χ3n) is 2.79. The van der Waals surface area contributed by atoms with Crippen LogP contribution in [0.1, 0.15) is 24.5 Å². The lowest BCUT2D eigenvalue weighted by atomic mass is 10.00. The van der Waals surface area contributed by atoms with E-state index in [1.807, 2.05) is 12.1 Å². The Balaban J connectivity index is 2.59. The molecule has 0 aliphatic rings. The minimum atomic E-state index is 0.570. The van der Waals surface area contributed by atoms with Crippen LogP contribution in [0.15, 0.2) is 30.6 Å². The molecule has 2 rings (SSSR count). The van der Waals surface area contributed by atoms with Crippen molar-refractivity contribution in [1.29, 1.82) is 0 Å². The van der Waals surface area contributed by atoms with Crippen LogP contribution in [0, 0.1) is 6.92 Å². The van der Waals surface area contributed by atoms with Crippen LogP contribution < -0.4 is 0 Å². The Labute approximate surface area is 107 Å². The Kier molecular flexibility index (Phi) is 3.75. The molecule has 0 atom stereocenters. The monoisotopic (exact) mass is 246 g/mol. The van der Waals surface area contributed by atoms with E-state index >= 15 is 0 Å². The van der Waals surface area contributed by atoms with E-state index in [0.29, 0.717) is 5.15 Å². The first-order valence-corrected chi connectivity index (χ1v) is 6.17. The zero-order chi connectivity index (χ0) is 12.3. The molecule has 0 aliphatic carbocycles. The molecule has 0 spiro atoms. The van der Waals surface area contributed by atoms with Crippen molar-refractivity contribution in [2.45, 2.75) is 26.7 Å². The van der Waals surface area contributed by atoms with Crippen molar-refractivity contribution >= 4 is 11.6 Å². The number of aromatic nitrogens is 2. The third kappa shape index (κ3) is 2.47. The van der Waals surface area contributed by atoms with Gasteiger partial charge >= 0.3 is 0 Å². The first-order chi connectivity index (χ1) is 8.24. The molecule has 1 heterocycles. The summed E-state index contributed by atoms with van der Waals surface area (Å²) in [6, 6.07) is 8.21. The number of hydrogen-bond donors (Lipinski definition) is 0. The normalized spacial score (nSPS) is 10.5. The average molecular weight is 247 g/mol. The minimum absolute atomic E-state index is 0.570. The summed E-state index contributed by atoms with van der Waals surface area (Å²) in [5.41, 5.74) is 4.36. The van der Waals surface area contributed by atoms with Crippen LogP contribution >= 0.6 is 11.6 Å². The second-order valence-corrected chi connectivity index (χ2v) is 4.41. The number of aryl methyl sites for hydroxylation is 1. The number of hydrogen-bond acceptors (Lipinski definition) is 2. The Morgan fingerprint density at radius 3 is 2.65 bits per heavy atom. The molecule has 0 saturated heterocycles. The predicted molar refractivity (Wildman–Crippen MR) is 71.2 cm³/mol. The van der Waals surface area contributed by atoms with Crippen LogP contribution in [-0.2, 0) is 6.42 Å². The number of nitrogens with zero attached hydrogens (tertiary/aromatic N) is 2. The van der Waals surface area contributed by atoms with Crippen LogP contribution in [-0.4, -0.2) is 9.97 Å². The lowest BCUT2D eigenvalue weighted by molar-refractivity contribution is 0.904. The molecule has 0 unspecified atom stereocenters. The summed E-state index contributed by atoms with van der Waals surface area (Å²) in [5.74, 6) is 0. The SMILES string of the molecule is CCCc1c(Cl)ncnc1-c1ccccc1C. The molecular weight excluding hydrogens is 232 g/mol. The topological polar surface area (TPSA) is 25.8 Å². The van der Waals surface area contributed by atoms with E-state index in [2.05, 4.69) is 35.9 Å². The Hall–Kier alpha value is -1.41. The molecule has 17 heavy (non-hydrogen) atoms. The summed E-state index contributed by atoms with van der Waals surface area (Å²) in [6.45, 7) is 4.21. The van der Waals surface area contributed by atoms with Crippen molar-refractivity contribution in [3.05, 3.63) is 46.9 Å². The molecule has 0 amide bonds. The number of rotatable bonds is 3. The number of benzene rings is 1. The van der Waals surface area contributed by atoms with Gasteiger partial charge in [0, 0.05) is 11.1 Å². The van der Waals surface area contributed by atoms with Gasteiger partial charge in [-0.05, 0) is 18.9 Å². The summed E-state index contributed by atoms with van der Waals surface area (Å²) >= 11 is 6.16. The van der Waals surface area contributed by atoms with Gasteiger partial charge in [-0.1, -0.05) is 49.2 Å². The molecule has 3 heteroatoms. The summed E-state index contributed by atoms with van der Waals surface area (Å²) < 4.78 is 0. The molecular formula is C14H15ClN2. The van der Waals surface area contributed by atoms with E-state index in [-0.39, 0.29) is 0 Å². The van der Waals surface area contributed by atoms with Gasteiger partial charge < -0.3 is 0 Å². The molecule has 2 aromatic rings. The fraction of sp³-hybridized carbons (Fsp3) is 0.286. The van der Waals surface area contributed by atoms with Gasteiger partial charge in [0.1, 0.15) is 11.5 Å². The fourth-order valence-electron chi connectivity index (χ4n) is 1.93. The van der Waals surface area contributed by atoms with Crippen LogP contribution in [0.4, 0.5) is 0 Å². The van der Waals surface area contributed by atoms with Crippen LogP contribution in [0.3, 0.4) is 0 Å². The highest BCUT2D eigenvalue weighted by Gasteiger charge is 2.12. The van der Waals surface area contributed by atoms with Gasteiger partial charge in [-0.2, -0.15) is 0 Å². The molecule has 0 N–H and O–H groups in total. The molecule has 0 saturated carbocycles. The minimum Gasteiger partial charge on any atom is -0.236 e. The van der Waals surface area contributed by atoms with E-state index in [4.69, 9.17) is 11.6 Å². The van der Waals surface area contributed by atoms with Crippen molar-refractivity contribution < 1.29 is 0 Å². The molecule has 2 nitrogen and oxygen atoms in total. The second-order valence-electron chi connectivity index (χ2n) is 4.06. The first-order valence-electron chi connectivity index (χ1n) is 5.79.